The van der Waals surface area contributed by atoms with Crippen molar-refractivity contribution in [3.8, 4) is 40.2 Å². The van der Waals surface area contributed by atoms with Crippen molar-refractivity contribution in [1.29, 1.82) is 10.5 Å². The summed E-state index contributed by atoms with van der Waals surface area (Å²) >= 11 is 0. The van der Waals surface area contributed by atoms with Crippen molar-refractivity contribution in [2.75, 3.05) is 0 Å². The molecular weight excluding hydrogens is 735 g/mol. The normalized spacial score (nSPS) is 13.7. The molecule has 0 bridgehead atoms. The molecule has 1 aliphatic rings. The van der Waals surface area contributed by atoms with Crippen molar-refractivity contribution in [3.63, 3.8) is 0 Å². The molecule has 6 aromatic heterocycles. The molecule has 0 aliphatic heterocycles. The Bertz CT molecular complexity index is 3150. The van der Waals surface area contributed by atoms with E-state index >= 15 is 0 Å². The first-order chi connectivity index (χ1) is 28.7. The zero-order chi connectivity index (χ0) is 40.7. The minimum Gasteiger partial charge on any atom is -0.346 e. The van der Waals surface area contributed by atoms with E-state index in [4.69, 9.17) is 0 Å². The molecular formula is C47H41N11O. The number of hydrogen-bond donors (Lipinski definition) is 1. The van der Waals surface area contributed by atoms with E-state index in [9.17, 15) is 15.3 Å². The highest BCUT2D eigenvalue weighted by molar-refractivity contribution is 6.05. The third kappa shape index (κ3) is 6.78. The van der Waals surface area contributed by atoms with Crippen molar-refractivity contribution in [1.82, 2.24) is 43.8 Å². The lowest BCUT2D eigenvalue weighted by Crippen LogP contribution is -2.21. The molecule has 59 heavy (non-hydrogen) atoms. The molecule has 1 atom stereocenters. The number of aryl methyl sites for hydroxylation is 1. The molecule has 0 amide bonds. The van der Waals surface area contributed by atoms with Crippen molar-refractivity contribution in [2.45, 2.75) is 57.4 Å². The van der Waals surface area contributed by atoms with Crippen molar-refractivity contribution in [2.24, 2.45) is 13.0 Å². The third-order valence-corrected chi connectivity index (χ3v) is 11.7. The highest BCUT2D eigenvalue weighted by atomic mass is 16.1. The summed E-state index contributed by atoms with van der Waals surface area (Å²) in [6.45, 7) is 3.77. The van der Waals surface area contributed by atoms with E-state index in [2.05, 4.69) is 60.4 Å². The van der Waals surface area contributed by atoms with Gasteiger partial charge in [-0.1, -0.05) is 49.2 Å². The van der Waals surface area contributed by atoms with Crippen LogP contribution in [0.1, 0.15) is 57.6 Å². The van der Waals surface area contributed by atoms with Gasteiger partial charge in [-0.15, -0.1) is 0 Å². The summed E-state index contributed by atoms with van der Waals surface area (Å²) in [5.74, 6) is 0.556. The monoisotopic (exact) mass is 775 g/mol. The van der Waals surface area contributed by atoms with Gasteiger partial charge in [-0.2, -0.15) is 15.6 Å². The van der Waals surface area contributed by atoms with Crippen LogP contribution in [0, 0.1) is 28.6 Å². The van der Waals surface area contributed by atoms with E-state index in [-0.39, 0.29) is 11.7 Å². The van der Waals surface area contributed by atoms with E-state index in [1.807, 2.05) is 104 Å². The highest BCUT2D eigenvalue weighted by Crippen LogP contribution is 2.37. The lowest BCUT2D eigenvalue weighted by atomic mass is 9.86. The van der Waals surface area contributed by atoms with Crippen LogP contribution in [-0.4, -0.2) is 43.8 Å². The Hall–Kier alpha value is -7.44. The zero-order valence-electron chi connectivity index (χ0n) is 33.0. The van der Waals surface area contributed by atoms with Gasteiger partial charge in [0.1, 0.15) is 12.0 Å². The minimum atomic E-state index is -0.609. The SMILES string of the molecule is Cn1c(=O)n(-c2ccc(C(C)(C)C#N)cc2)c2c3cc(-c4cnc5ccccc5c4)ccc3ncc21.N#CC[C@H](C1CCCC1)n1cc(-c2ncnc3[nH]ccc23)cn1. The van der Waals surface area contributed by atoms with E-state index in [0.717, 1.165) is 77.5 Å². The maximum absolute atomic E-state index is 13.4. The van der Waals surface area contributed by atoms with Crippen LogP contribution in [0.25, 0.3) is 71.9 Å². The van der Waals surface area contributed by atoms with Crippen LogP contribution >= 0.6 is 0 Å². The third-order valence-electron chi connectivity index (χ3n) is 11.7. The fraction of sp³-hybridized carbons (Fsp3) is 0.234. The molecule has 0 saturated heterocycles. The first-order valence-electron chi connectivity index (χ1n) is 19.8. The average Bonchev–Trinajstić information content (AvgIpc) is 4.11. The molecule has 0 radical (unpaired) electrons. The van der Waals surface area contributed by atoms with Gasteiger partial charge in [-0.25, -0.2) is 14.8 Å². The van der Waals surface area contributed by atoms with Gasteiger partial charge in [-0.3, -0.25) is 23.8 Å². The summed E-state index contributed by atoms with van der Waals surface area (Å²) in [5.41, 5.74) is 8.88. The number of aromatic nitrogens is 9. The van der Waals surface area contributed by atoms with Gasteiger partial charge in [0.2, 0.25) is 0 Å². The molecule has 1 fully saturated rings. The number of fused-ring (bicyclic) bond motifs is 5. The predicted molar refractivity (Wildman–Crippen MR) is 230 cm³/mol. The molecule has 3 aromatic carbocycles. The predicted octanol–water partition coefficient (Wildman–Crippen LogP) is 9.36. The number of H-pyrrole nitrogens is 1. The molecule has 0 unspecified atom stereocenters. The molecule has 9 aromatic rings. The van der Waals surface area contributed by atoms with Gasteiger partial charge in [0.05, 0.1) is 75.9 Å². The molecule has 290 valence electrons. The number of benzene rings is 3. The van der Waals surface area contributed by atoms with Gasteiger partial charge >= 0.3 is 5.69 Å². The summed E-state index contributed by atoms with van der Waals surface area (Å²) < 4.78 is 5.32. The van der Waals surface area contributed by atoms with Crippen LogP contribution in [0.5, 0.6) is 0 Å². The van der Waals surface area contributed by atoms with Gasteiger partial charge in [-0.05, 0) is 86.2 Å². The average molecular weight is 776 g/mol. The van der Waals surface area contributed by atoms with Crippen LogP contribution in [0.15, 0.2) is 121 Å². The van der Waals surface area contributed by atoms with Crippen LogP contribution in [0.3, 0.4) is 0 Å². The topological polar surface area (TPSA) is 160 Å². The number of nitrogens with one attached hydrogen (secondary N) is 1. The molecule has 0 spiro atoms. The molecule has 12 nitrogen and oxygen atoms in total. The first kappa shape index (κ1) is 37.2. The maximum atomic E-state index is 13.4. The molecule has 12 heteroatoms. The van der Waals surface area contributed by atoms with Crippen LogP contribution in [0.2, 0.25) is 0 Å². The summed E-state index contributed by atoms with van der Waals surface area (Å²) in [7, 11) is 1.76. The first-order valence-corrected chi connectivity index (χ1v) is 19.8. The second kappa shape index (κ2) is 15.1. The molecule has 1 saturated carbocycles. The summed E-state index contributed by atoms with van der Waals surface area (Å²) in [4.78, 5) is 34.4. The molecule has 10 rings (SSSR count). The number of aromatic amines is 1. The Balaban J connectivity index is 0.000000168. The molecule has 6 heterocycles. The van der Waals surface area contributed by atoms with Gasteiger partial charge in [0, 0.05) is 52.9 Å². The standard InChI is InChI=1S/C30H23N5O.C17H18N6/c1-30(2,18-31)22-9-11-23(12-10-22)35-28-24-15-19(21-14-20-6-4-5-7-25(20)32-16-21)8-13-26(24)33-17-27(28)34(3)29(35)36;18-7-5-15(12-3-1-2-4-12)23-10-13(9-22-23)16-14-6-8-19-17(14)21-11-20-16/h4-17H,1-3H3;6,8-12,15H,1-5H2,(H,19,20,21)/t;15-/m.1/s1. The second-order valence-corrected chi connectivity index (χ2v) is 15.7. The van der Waals surface area contributed by atoms with Crippen LogP contribution in [-0.2, 0) is 12.5 Å². The number of hydrogen-bond acceptors (Lipinski definition) is 8. The number of pyridine rings is 2. The van der Waals surface area contributed by atoms with Gasteiger partial charge in [0.25, 0.3) is 0 Å². The van der Waals surface area contributed by atoms with Gasteiger partial charge < -0.3 is 4.98 Å². The Labute approximate surface area is 340 Å². The fourth-order valence-corrected chi connectivity index (χ4v) is 8.39. The van der Waals surface area contributed by atoms with E-state index in [0.29, 0.717) is 12.3 Å². The van der Waals surface area contributed by atoms with E-state index in [1.165, 1.54) is 25.7 Å². The quantitative estimate of drug-likeness (QED) is 0.168. The Morgan fingerprint density at radius 2 is 1.64 bits per heavy atom. The minimum absolute atomic E-state index is 0.149. The molecule has 1 N–H and O–H groups in total. The highest BCUT2D eigenvalue weighted by Gasteiger charge is 2.27. The lowest BCUT2D eigenvalue weighted by Gasteiger charge is -2.21. The van der Waals surface area contributed by atoms with E-state index < -0.39 is 5.41 Å². The summed E-state index contributed by atoms with van der Waals surface area (Å²) in [5, 5.41) is 26.2. The number of nitriles is 2. The number of rotatable bonds is 7. The smallest absolute Gasteiger partial charge is 0.333 e. The Morgan fingerprint density at radius 1 is 0.847 bits per heavy atom. The molecule has 1 aliphatic carbocycles. The summed E-state index contributed by atoms with van der Waals surface area (Å²) in [6, 6.07) is 30.7. The number of imidazole rings is 1. The van der Waals surface area contributed by atoms with Crippen molar-refractivity contribution < 1.29 is 0 Å². The lowest BCUT2D eigenvalue weighted by molar-refractivity contribution is 0.315. The Kier molecular flexibility index (Phi) is 9.54. The maximum Gasteiger partial charge on any atom is 0.333 e. The number of nitrogens with zero attached hydrogens (tertiary/aromatic N) is 10. The van der Waals surface area contributed by atoms with Crippen LogP contribution in [0.4, 0.5) is 0 Å². The number of para-hydroxylation sites is 1. The van der Waals surface area contributed by atoms with Crippen LogP contribution < -0.4 is 5.69 Å². The summed E-state index contributed by atoms with van der Waals surface area (Å²) in [6.07, 6.45) is 16.3. The second-order valence-electron chi connectivity index (χ2n) is 15.7. The van der Waals surface area contributed by atoms with E-state index in [1.54, 1.807) is 28.7 Å². The largest absolute Gasteiger partial charge is 0.346 e. The Morgan fingerprint density at radius 3 is 2.44 bits per heavy atom. The fourth-order valence-electron chi connectivity index (χ4n) is 8.39. The van der Waals surface area contributed by atoms with Gasteiger partial charge in [0.15, 0.2) is 0 Å². The van der Waals surface area contributed by atoms with Crippen molar-refractivity contribution >= 4 is 43.9 Å². The zero-order valence-corrected chi connectivity index (χ0v) is 33.0. The van der Waals surface area contributed by atoms with Crippen molar-refractivity contribution in [3.05, 3.63) is 132 Å².